The molecule has 0 bridgehead atoms. The molecule has 3 aromatic carbocycles. The van der Waals surface area contributed by atoms with Crippen molar-refractivity contribution in [3.63, 3.8) is 0 Å². The maximum Gasteiger partial charge on any atom is 0.243 e. The molecule has 0 aliphatic rings. The fourth-order valence-corrected chi connectivity index (χ4v) is 5.84. The molecule has 3 aromatic rings. The highest BCUT2D eigenvalue weighted by atomic mass is 32.2. The van der Waals surface area contributed by atoms with Crippen molar-refractivity contribution < 1.29 is 18.0 Å². The monoisotopic (exact) mass is 577 g/mol. The highest BCUT2D eigenvalue weighted by Crippen LogP contribution is 2.26. The van der Waals surface area contributed by atoms with Crippen LogP contribution in [0.5, 0.6) is 0 Å². The fourth-order valence-electron chi connectivity index (χ4n) is 4.83. The van der Waals surface area contributed by atoms with Crippen molar-refractivity contribution in [3.8, 4) is 0 Å². The number of nitrogens with zero attached hydrogens (tertiary/aromatic N) is 2. The Kier molecular flexibility index (Phi) is 12.0. The van der Waals surface area contributed by atoms with E-state index in [1.165, 1.54) is 10.6 Å². The van der Waals surface area contributed by atoms with Crippen molar-refractivity contribution in [2.45, 2.75) is 65.5 Å². The number of carbonyl (C=O) groups excluding carboxylic acids is 2. The first-order chi connectivity index (χ1) is 19.6. The minimum atomic E-state index is -3.56. The standard InChI is InChI=1S/C33H43N3O4S/c1-5-6-22-34-33(38)31(24-28-16-9-7-10-17-28)35(25-29-18-11-8-12-19-29)32(37)21-14-23-36(41(4,39)40)30-20-13-15-26(2)27(30)3/h7-13,15-20,31H,5-6,14,21-25H2,1-4H3,(H,34,38)/t31-/m1/s1. The highest BCUT2D eigenvalue weighted by molar-refractivity contribution is 7.92. The maximum atomic E-state index is 13.9. The minimum Gasteiger partial charge on any atom is -0.354 e. The lowest BCUT2D eigenvalue weighted by Gasteiger charge is -2.32. The SMILES string of the molecule is CCCCNC(=O)[C@@H](Cc1ccccc1)N(Cc1ccccc1)C(=O)CCCN(c1cccc(C)c1C)S(C)(=O)=O. The van der Waals surface area contributed by atoms with E-state index < -0.39 is 16.1 Å². The number of sulfonamides is 1. The van der Waals surface area contributed by atoms with E-state index in [1.54, 1.807) is 11.0 Å². The molecule has 1 N–H and O–H groups in total. The normalized spacial score (nSPS) is 12.0. The Balaban J connectivity index is 1.86. The average molecular weight is 578 g/mol. The molecule has 0 unspecified atom stereocenters. The lowest BCUT2D eigenvalue weighted by Crippen LogP contribution is -2.50. The number of nitrogens with one attached hydrogen (secondary N) is 1. The second-order valence-electron chi connectivity index (χ2n) is 10.5. The van der Waals surface area contributed by atoms with Crippen molar-refractivity contribution in [3.05, 3.63) is 101 Å². The molecule has 8 heteroatoms. The predicted octanol–water partition coefficient (Wildman–Crippen LogP) is 5.41. The van der Waals surface area contributed by atoms with Crippen LogP contribution in [0.2, 0.25) is 0 Å². The van der Waals surface area contributed by atoms with E-state index in [0.717, 1.165) is 35.1 Å². The lowest BCUT2D eigenvalue weighted by atomic mass is 10.0. The van der Waals surface area contributed by atoms with E-state index in [4.69, 9.17) is 0 Å². The van der Waals surface area contributed by atoms with Gasteiger partial charge in [0.25, 0.3) is 0 Å². The summed E-state index contributed by atoms with van der Waals surface area (Å²) >= 11 is 0. The summed E-state index contributed by atoms with van der Waals surface area (Å²) in [5.74, 6) is -0.366. The molecule has 0 radical (unpaired) electrons. The number of amides is 2. The van der Waals surface area contributed by atoms with Gasteiger partial charge in [-0.05, 0) is 55.0 Å². The number of unbranched alkanes of at least 4 members (excludes halogenated alkanes) is 1. The van der Waals surface area contributed by atoms with E-state index in [0.29, 0.717) is 25.1 Å². The third-order valence-electron chi connectivity index (χ3n) is 7.29. The van der Waals surface area contributed by atoms with Crippen LogP contribution in [0.3, 0.4) is 0 Å². The van der Waals surface area contributed by atoms with Crippen LogP contribution in [0.15, 0.2) is 78.9 Å². The molecule has 2 amide bonds. The first-order valence-electron chi connectivity index (χ1n) is 14.3. The van der Waals surface area contributed by atoms with Gasteiger partial charge in [-0.3, -0.25) is 13.9 Å². The molecule has 0 heterocycles. The Labute approximate surface area is 245 Å². The van der Waals surface area contributed by atoms with Gasteiger partial charge in [-0.2, -0.15) is 0 Å². The Morgan fingerprint density at radius 2 is 1.49 bits per heavy atom. The summed E-state index contributed by atoms with van der Waals surface area (Å²) in [6.07, 6.45) is 3.81. The number of rotatable bonds is 15. The topological polar surface area (TPSA) is 86.8 Å². The van der Waals surface area contributed by atoms with Gasteiger partial charge < -0.3 is 10.2 Å². The Morgan fingerprint density at radius 3 is 2.10 bits per heavy atom. The summed E-state index contributed by atoms with van der Waals surface area (Å²) in [7, 11) is -3.56. The Bertz CT molecular complexity index is 1380. The van der Waals surface area contributed by atoms with Crippen LogP contribution in [0, 0.1) is 13.8 Å². The van der Waals surface area contributed by atoms with Gasteiger partial charge in [0.1, 0.15) is 6.04 Å². The molecule has 0 aliphatic heterocycles. The molecule has 0 aliphatic carbocycles. The molecule has 0 spiro atoms. The van der Waals surface area contributed by atoms with Crippen LogP contribution in [0.4, 0.5) is 5.69 Å². The van der Waals surface area contributed by atoms with E-state index in [9.17, 15) is 18.0 Å². The van der Waals surface area contributed by atoms with Crippen molar-refractivity contribution in [2.75, 3.05) is 23.7 Å². The van der Waals surface area contributed by atoms with Crippen LogP contribution in [-0.4, -0.2) is 50.5 Å². The smallest absolute Gasteiger partial charge is 0.243 e. The number of anilines is 1. The van der Waals surface area contributed by atoms with E-state index >= 15 is 0 Å². The molecule has 0 fully saturated rings. The van der Waals surface area contributed by atoms with Crippen LogP contribution < -0.4 is 9.62 Å². The molecular formula is C33H43N3O4S. The van der Waals surface area contributed by atoms with Gasteiger partial charge in [0.15, 0.2) is 0 Å². The third-order valence-corrected chi connectivity index (χ3v) is 8.47. The van der Waals surface area contributed by atoms with Crippen LogP contribution >= 0.6 is 0 Å². The molecule has 0 saturated heterocycles. The number of hydrogen-bond acceptors (Lipinski definition) is 4. The van der Waals surface area contributed by atoms with Gasteiger partial charge in [0.05, 0.1) is 11.9 Å². The number of hydrogen-bond donors (Lipinski definition) is 1. The van der Waals surface area contributed by atoms with Crippen LogP contribution in [0.25, 0.3) is 0 Å². The molecule has 220 valence electrons. The molecule has 41 heavy (non-hydrogen) atoms. The molecule has 0 saturated carbocycles. The highest BCUT2D eigenvalue weighted by Gasteiger charge is 2.30. The van der Waals surface area contributed by atoms with E-state index in [2.05, 4.69) is 12.2 Å². The Morgan fingerprint density at radius 1 is 0.854 bits per heavy atom. The quantitative estimate of drug-likeness (QED) is 0.245. The van der Waals surface area contributed by atoms with Gasteiger partial charge >= 0.3 is 0 Å². The maximum absolute atomic E-state index is 13.9. The summed E-state index contributed by atoms with van der Waals surface area (Å²) in [4.78, 5) is 29.1. The van der Waals surface area contributed by atoms with Gasteiger partial charge in [-0.15, -0.1) is 0 Å². The van der Waals surface area contributed by atoms with Gasteiger partial charge in [0, 0.05) is 32.5 Å². The third kappa shape index (κ3) is 9.46. The number of carbonyl (C=O) groups is 2. The van der Waals surface area contributed by atoms with Crippen molar-refractivity contribution in [2.24, 2.45) is 0 Å². The summed E-state index contributed by atoms with van der Waals surface area (Å²) in [6.45, 7) is 6.92. The first kappa shape index (κ1) is 31.9. The van der Waals surface area contributed by atoms with Gasteiger partial charge in [0.2, 0.25) is 21.8 Å². The molecular weight excluding hydrogens is 534 g/mol. The minimum absolute atomic E-state index is 0.108. The first-order valence-corrected chi connectivity index (χ1v) is 16.2. The van der Waals surface area contributed by atoms with Crippen molar-refractivity contribution >= 4 is 27.5 Å². The molecule has 7 nitrogen and oxygen atoms in total. The summed E-state index contributed by atoms with van der Waals surface area (Å²) in [5, 5.41) is 3.03. The lowest BCUT2D eigenvalue weighted by molar-refractivity contribution is -0.141. The van der Waals surface area contributed by atoms with E-state index in [-0.39, 0.29) is 31.3 Å². The number of benzene rings is 3. The van der Waals surface area contributed by atoms with Crippen LogP contribution in [-0.2, 0) is 32.6 Å². The van der Waals surface area contributed by atoms with Crippen molar-refractivity contribution in [1.29, 1.82) is 0 Å². The van der Waals surface area contributed by atoms with Crippen LogP contribution in [0.1, 0.15) is 54.9 Å². The van der Waals surface area contributed by atoms with Gasteiger partial charge in [-0.25, -0.2) is 8.42 Å². The van der Waals surface area contributed by atoms with E-state index in [1.807, 2.05) is 86.6 Å². The Hall–Kier alpha value is -3.65. The number of aryl methyl sites for hydroxylation is 1. The second kappa shape index (κ2) is 15.4. The second-order valence-corrected chi connectivity index (χ2v) is 12.4. The largest absolute Gasteiger partial charge is 0.354 e. The average Bonchev–Trinajstić information content (AvgIpc) is 2.95. The van der Waals surface area contributed by atoms with Gasteiger partial charge in [-0.1, -0.05) is 86.1 Å². The summed E-state index contributed by atoms with van der Waals surface area (Å²) in [6, 6.07) is 24.2. The molecule has 3 rings (SSSR count). The zero-order chi connectivity index (χ0) is 29.8. The summed E-state index contributed by atoms with van der Waals surface area (Å²) < 4.78 is 26.9. The molecule has 1 atom stereocenters. The zero-order valence-corrected chi connectivity index (χ0v) is 25.5. The predicted molar refractivity (Wildman–Crippen MR) is 166 cm³/mol. The summed E-state index contributed by atoms with van der Waals surface area (Å²) in [5.41, 5.74) is 4.40. The fraction of sp³-hybridized carbons (Fsp3) is 0.394. The zero-order valence-electron chi connectivity index (χ0n) is 24.7. The van der Waals surface area contributed by atoms with Crippen molar-refractivity contribution in [1.82, 2.24) is 10.2 Å². The molecule has 0 aromatic heterocycles.